The van der Waals surface area contributed by atoms with Gasteiger partial charge >= 0.3 is 5.69 Å². The molecule has 0 radical (unpaired) electrons. The fraction of sp³-hybridized carbons (Fsp3) is 0.600. The fourth-order valence-electron chi connectivity index (χ4n) is 1.91. The van der Waals surface area contributed by atoms with Gasteiger partial charge in [-0.05, 0) is 53.4 Å². The molecule has 1 aromatic carbocycles. The van der Waals surface area contributed by atoms with Gasteiger partial charge < -0.3 is 15.0 Å². The highest BCUT2D eigenvalue weighted by Gasteiger charge is 2.16. The average molecular weight is 295 g/mol. The molecule has 6 heteroatoms. The van der Waals surface area contributed by atoms with E-state index in [1.54, 1.807) is 12.1 Å². The van der Waals surface area contributed by atoms with E-state index in [2.05, 4.69) is 24.3 Å². The molecule has 1 rings (SSSR count). The number of unbranched alkanes of at least 4 members (excludes halogenated alkanes) is 1. The summed E-state index contributed by atoms with van der Waals surface area (Å²) in [5, 5.41) is 14.3. The Morgan fingerprint density at radius 1 is 1.33 bits per heavy atom. The first-order valence-electron chi connectivity index (χ1n) is 7.24. The van der Waals surface area contributed by atoms with Crippen molar-refractivity contribution < 1.29 is 9.66 Å². The molecule has 0 saturated carbocycles. The number of nitrogens with one attached hydrogen (secondary N) is 1. The lowest BCUT2D eigenvalue weighted by Crippen LogP contribution is -2.14. The summed E-state index contributed by atoms with van der Waals surface area (Å²) in [6.45, 7) is 5.60. The predicted octanol–water partition coefficient (Wildman–Crippen LogP) is 3.14. The molecule has 21 heavy (non-hydrogen) atoms. The smallest absolute Gasteiger partial charge is 0.311 e. The van der Waals surface area contributed by atoms with Crippen molar-refractivity contribution in [3.05, 3.63) is 28.3 Å². The van der Waals surface area contributed by atoms with Gasteiger partial charge in [0.1, 0.15) is 0 Å². The number of anilines is 1. The van der Waals surface area contributed by atoms with Gasteiger partial charge in [-0.15, -0.1) is 0 Å². The Labute approximate surface area is 126 Å². The number of hydrogen-bond acceptors (Lipinski definition) is 5. The van der Waals surface area contributed by atoms with Crippen molar-refractivity contribution in [2.45, 2.75) is 32.8 Å². The van der Waals surface area contributed by atoms with Crippen molar-refractivity contribution in [2.75, 3.05) is 32.5 Å². The first-order valence-corrected chi connectivity index (χ1v) is 7.24. The highest BCUT2D eigenvalue weighted by atomic mass is 16.6. The summed E-state index contributed by atoms with van der Waals surface area (Å²) < 4.78 is 5.52. The van der Waals surface area contributed by atoms with Crippen molar-refractivity contribution in [2.24, 2.45) is 0 Å². The van der Waals surface area contributed by atoms with Gasteiger partial charge in [-0.3, -0.25) is 10.1 Å². The fourth-order valence-corrected chi connectivity index (χ4v) is 1.91. The van der Waals surface area contributed by atoms with Gasteiger partial charge in [0.15, 0.2) is 5.75 Å². The molecule has 0 unspecified atom stereocenters. The summed E-state index contributed by atoms with van der Waals surface area (Å²) in [6.07, 6.45) is 2.07. The summed E-state index contributed by atoms with van der Waals surface area (Å²) in [5.74, 6) is 0.313. The van der Waals surface area contributed by atoms with Crippen LogP contribution < -0.4 is 10.1 Å². The molecule has 1 N–H and O–H groups in total. The molecule has 0 aliphatic carbocycles. The van der Waals surface area contributed by atoms with Crippen LogP contribution in [0.25, 0.3) is 0 Å². The normalized spacial score (nSPS) is 11.0. The summed E-state index contributed by atoms with van der Waals surface area (Å²) in [4.78, 5) is 12.7. The van der Waals surface area contributed by atoms with E-state index < -0.39 is 4.92 Å². The van der Waals surface area contributed by atoms with Crippen LogP contribution in [-0.4, -0.2) is 43.1 Å². The van der Waals surface area contributed by atoms with E-state index in [1.807, 2.05) is 13.8 Å². The number of nitro benzene ring substituents is 1. The van der Waals surface area contributed by atoms with E-state index in [9.17, 15) is 10.1 Å². The number of hydrogen-bond donors (Lipinski definition) is 1. The molecule has 0 fully saturated rings. The van der Waals surface area contributed by atoms with Crippen molar-refractivity contribution in [1.82, 2.24) is 4.90 Å². The minimum absolute atomic E-state index is 0.00172. The summed E-state index contributed by atoms with van der Waals surface area (Å²) in [7, 11) is 4.11. The SMILES string of the molecule is CC(C)Oc1cc(NCCCCN(C)C)ccc1[N+](=O)[O-]. The Hall–Kier alpha value is -1.82. The standard InChI is InChI=1S/C15H25N3O3/c1-12(2)21-15-11-13(7-8-14(15)18(19)20)16-9-5-6-10-17(3)4/h7-8,11-12,16H,5-6,9-10H2,1-4H3. The second-order valence-electron chi connectivity index (χ2n) is 5.54. The maximum Gasteiger partial charge on any atom is 0.311 e. The van der Waals surface area contributed by atoms with Crippen molar-refractivity contribution >= 4 is 11.4 Å². The molecule has 1 aromatic rings. The van der Waals surface area contributed by atoms with Gasteiger partial charge in [-0.1, -0.05) is 0 Å². The van der Waals surface area contributed by atoms with Crippen LogP contribution in [0.5, 0.6) is 5.75 Å². The van der Waals surface area contributed by atoms with Crippen LogP contribution in [0, 0.1) is 10.1 Å². The van der Waals surface area contributed by atoms with E-state index in [-0.39, 0.29) is 11.8 Å². The summed E-state index contributed by atoms with van der Waals surface area (Å²) in [6, 6.07) is 4.90. The predicted molar refractivity (Wildman–Crippen MR) is 85.1 cm³/mol. The second kappa shape index (κ2) is 8.46. The molecule has 0 aromatic heterocycles. The molecule has 0 heterocycles. The molecule has 6 nitrogen and oxygen atoms in total. The first-order chi connectivity index (χ1) is 9.90. The monoisotopic (exact) mass is 295 g/mol. The van der Waals surface area contributed by atoms with Gasteiger partial charge in [0.25, 0.3) is 0 Å². The lowest BCUT2D eigenvalue weighted by molar-refractivity contribution is -0.386. The van der Waals surface area contributed by atoms with Gasteiger partial charge in [-0.2, -0.15) is 0 Å². The van der Waals surface area contributed by atoms with Crippen molar-refractivity contribution in [3.8, 4) is 5.75 Å². The Balaban J connectivity index is 2.61. The Morgan fingerprint density at radius 2 is 2.05 bits per heavy atom. The van der Waals surface area contributed by atoms with Crippen LogP contribution in [-0.2, 0) is 0 Å². The number of rotatable bonds is 9. The minimum atomic E-state index is -0.418. The van der Waals surface area contributed by atoms with E-state index >= 15 is 0 Å². The molecule has 118 valence electrons. The van der Waals surface area contributed by atoms with Crippen LogP contribution >= 0.6 is 0 Å². The molecule has 0 atom stereocenters. The topological polar surface area (TPSA) is 67.6 Å². The van der Waals surface area contributed by atoms with Gasteiger partial charge in [-0.25, -0.2) is 0 Å². The molecule has 0 aliphatic rings. The molecule has 0 aliphatic heterocycles. The number of nitro groups is 1. The molecular formula is C15H25N3O3. The molecule has 0 amide bonds. The zero-order valence-electron chi connectivity index (χ0n) is 13.3. The minimum Gasteiger partial charge on any atom is -0.484 e. The maximum absolute atomic E-state index is 11.0. The van der Waals surface area contributed by atoms with Crippen LogP contribution in [0.2, 0.25) is 0 Å². The lowest BCUT2D eigenvalue weighted by Gasteiger charge is -2.13. The average Bonchev–Trinajstić information content (AvgIpc) is 2.37. The third-order valence-corrected chi connectivity index (χ3v) is 2.88. The summed E-state index contributed by atoms with van der Waals surface area (Å²) >= 11 is 0. The van der Waals surface area contributed by atoms with E-state index in [0.717, 1.165) is 31.6 Å². The summed E-state index contributed by atoms with van der Waals surface area (Å²) in [5.41, 5.74) is 0.850. The van der Waals surface area contributed by atoms with E-state index in [0.29, 0.717) is 5.75 Å². The zero-order chi connectivity index (χ0) is 15.8. The van der Waals surface area contributed by atoms with Crippen LogP contribution in [0.3, 0.4) is 0 Å². The van der Waals surface area contributed by atoms with Gasteiger partial charge in [0, 0.05) is 24.4 Å². The second-order valence-corrected chi connectivity index (χ2v) is 5.54. The number of benzene rings is 1. The first kappa shape index (κ1) is 17.2. The molecule has 0 bridgehead atoms. The molecule has 0 spiro atoms. The third kappa shape index (κ3) is 6.44. The quantitative estimate of drug-likeness (QED) is 0.430. The number of nitrogens with zero attached hydrogens (tertiary/aromatic N) is 2. The van der Waals surface area contributed by atoms with Crippen molar-refractivity contribution in [1.29, 1.82) is 0 Å². The van der Waals surface area contributed by atoms with Crippen LogP contribution in [0.4, 0.5) is 11.4 Å². The molecular weight excluding hydrogens is 270 g/mol. The van der Waals surface area contributed by atoms with E-state index in [4.69, 9.17) is 4.74 Å². The lowest BCUT2D eigenvalue weighted by atomic mass is 10.2. The largest absolute Gasteiger partial charge is 0.484 e. The third-order valence-electron chi connectivity index (χ3n) is 2.88. The highest BCUT2D eigenvalue weighted by molar-refractivity contribution is 5.58. The Morgan fingerprint density at radius 3 is 2.62 bits per heavy atom. The highest BCUT2D eigenvalue weighted by Crippen LogP contribution is 2.30. The Bertz CT molecular complexity index is 461. The van der Waals surface area contributed by atoms with E-state index in [1.165, 1.54) is 6.07 Å². The van der Waals surface area contributed by atoms with Crippen LogP contribution in [0.1, 0.15) is 26.7 Å². The van der Waals surface area contributed by atoms with Gasteiger partial charge in [0.05, 0.1) is 11.0 Å². The number of ether oxygens (including phenoxy) is 1. The molecule has 0 saturated heterocycles. The zero-order valence-corrected chi connectivity index (χ0v) is 13.3. The van der Waals surface area contributed by atoms with Crippen molar-refractivity contribution in [3.63, 3.8) is 0 Å². The van der Waals surface area contributed by atoms with Gasteiger partial charge in [0.2, 0.25) is 0 Å². The van der Waals surface area contributed by atoms with Crippen LogP contribution in [0.15, 0.2) is 18.2 Å². The Kier molecular flexibility index (Phi) is 6.94. The maximum atomic E-state index is 11.0.